The molecule has 182 valence electrons. The second-order valence-electron chi connectivity index (χ2n) is 8.15. The van der Waals surface area contributed by atoms with Crippen LogP contribution >= 0.6 is 15.9 Å². The Labute approximate surface area is 216 Å². The van der Waals surface area contributed by atoms with Gasteiger partial charge in [0.2, 0.25) is 0 Å². The van der Waals surface area contributed by atoms with Crippen molar-refractivity contribution in [2.45, 2.75) is 13.8 Å². The van der Waals surface area contributed by atoms with E-state index in [1.165, 1.54) is 6.08 Å². The number of anilines is 2. The molecule has 9 heteroatoms. The molecule has 1 aliphatic rings. The number of nitrogens with one attached hydrogen (secondary N) is 2. The van der Waals surface area contributed by atoms with Gasteiger partial charge < -0.3 is 10.1 Å². The molecular weight excluding hydrogens is 526 g/mol. The van der Waals surface area contributed by atoms with Crippen molar-refractivity contribution >= 4 is 57.1 Å². The van der Waals surface area contributed by atoms with Gasteiger partial charge in [-0.1, -0.05) is 40.2 Å². The fourth-order valence-electron chi connectivity index (χ4n) is 3.53. The summed E-state index contributed by atoms with van der Waals surface area (Å²) in [6.07, 6.45) is 1.37. The standard InChI is InChI=1S/C27H22BrN3O5/c1-16-9-10-20(11-17(16)2)29-24(32)15-36-22-8-3-5-18(12-22)13-23-25(33)30-27(35)31(26(23)34)21-7-4-6-19(28)14-21/h3-14H,15H2,1-2H3,(H,29,32)(H,30,33,35)/b23-13+. The molecule has 2 N–H and O–H groups in total. The van der Waals surface area contributed by atoms with E-state index in [2.05, 4.69) is 26.6 Å². The van der Waals surface area contributed by atoms with Crippen LogP contribution in [0.5, 0.6) is 5.75 Å². The largest absolute Gasteiger partial charge is 0.484 e. The lowest BCUT2D eigenvalue weighted by molar-refractivity contribution is -0.122. The van der Waals surface area contributed by atoms with Gasteiger partial charge >= 0.3 is 6.03 Å². The quantitative estimate of drug-likeness (QED) is 0.342. The van der Waals surface area contributed by atoms with Crippen LogP contribution in [0, 0.1) is 13.8 Å². The number of ether oxygens (including phenoxy) is 1. The number of carbonyl (C=O) groups is 4. The van der Waals surface area contributed by atoms with E-state index < -0.39 is 17.8 Å². The maximum Gasteiger partial charge on any atom is 0.335 e. The molecule has 36 heavy (non-hydrogen) atoms. The van der Waals surface area contributed by atoms with E-state index in [1.54, 1.807) is 48.5 Å². The van der Waals surface area contributed by atoms with Gasteiger partial charge in [-0.05, 0) is 79.1 Å². The number of aryl methyl sites for hydroxylation is 2. The van der Waals surface area contributed by atoms with Crippen molar-refractivity contribution in [3.05, 3.63) is 93.5 Å². The van der Waals surface area contributed by atoms with E-state index in [9.17, 15) is 19.2 Å². The molecule has 4 rings (SSSR count). The van der Waals surface area contributed by atoms with Crippen molar-refractivity contribution in [1.29, 1.82) is 0 Å². The zero-order chi connectivity index (χ0) is 25.8. The van der Waals surface area contributed by atoms with Crippen LogP contribution in [0.25, 0.3) is 6.08 Å². The zero-order valence-electron chi connectivity index (χ0n) is 19.5. The van der Waals surface area contributed by atoms with Crippen LogP contribution in [0.15, 0.2) is 76.8 Å². The van der Waals surface area contributed by atoms with Crippen molar-refractivity contribution in [1.82, 2.24) is 5.32 Å². The molecule has 0 saturated carbocycles. The number of barbiturate groups is 1. The molecule has 0 unspecified atom stereocenters. The van der Waals surface area contributed by atoms with Gasteiger partial charge in [0.1, 0.15) is 11.3 Å². The second-order valence-corrected chi connectivity index (χ2v) is 9.06. The summed E-state index contributed by atoms with van der Waals surface area (Å²) < 4.78 is 6.28. The van der Waals surface area contributed by atoms with E-state index in [4.69, 9.17) is 4.74 Å². The number of hydrogen-bond donors (Lipinski definition) is 2. The van der Waals surface area contributed by atoms with Crippen LogP contribution in [-0.2, 0) is 14.4 Å². The Balaban J connectivity index is 1.48. The molecule has 1 saturated heterocycles. The van der Waals surface area contributed by atoms with Gasteiger partial charge in [0.05, 0.1) is 5.69 Å². The van der Waals surface area contributed by atoms with E-state index >= 15 is 0 Å². The number of benzene rings is 3. The summed E-state index contributed by atoms with van der Waals surface area (Å²) in [6, 6.07) is 18.0. The summed E-state index contributed by atoms with van der Waals surface area (Å²) in [5.41, 5.74) is 3.47. The first-order valence-electron chi connectivity index (χ1n) is 11.0. The van der Waals surface area contributed by atoms with Crippen LogP contribution in [-0.4, -0.2) is 30.4 Å². The highest BCUT2D eigenvalue weighted by molar-refractivity contribution is 9.10. The SMILES string of the molecule is Cc1ccc(NC(=O)COc2cccc(/C=C3\C(=O)NC(=O)N(c4cccc(Br)c4)C3=O)c2)cc1C. The van der Waals surface area contributed by atoms with Gasteiger partial charge in [-0.3, -0.25) is 19.7 Å². The lowest BCUT2D eigenvalue weighted by Crippen LogP contribution is -2.54. The fraction of sp³-hybridized carbons (Fsp3) is 0.111. The molecule has 3 aromatic carbocycles. The van der Waals surface area contributed by atoms with Gasteiger partial charge in [0.25, 0.3) is 17.7 Å². The Morgan fingerprint density at radius 2 is 1.78 bits per heavy atom. The minimum absolute atomic E-state index is 0.209. The molecule has 0 atom stereocenters. The molecule has 1 aliphatic heterocycles. The summed E-state index contributed by atoms with van der Waals surface area (Å²) in [7, 11) is 0. The maximum absolute atomic E-state index is 13.1. The topological polar surface area (TPSA) is 105 Å². The zero-order valence-corrected chi connectivity index (χ0v) is 21.1. The van der Waals surface area contributed by atoms with Crippen molar-refractivity contribution < 1.29 is 23.9 Å². The number of urea groups is 1. The summed E-state index contributed by atoms with van der Waals surface area (Å²) >= 11 is 3.31. The third kappa shape index (κ3) is 5.69. The van der Waals surface area contributed by atoms with E-state index in [1.807, 2.05) is 32.0 Å². The number of hydrogen-bond acceptors (Lipinski definition) is 5. The van der Waals surface area contributed by atoms with Gasteiger partial charge in [-0.2, -0.15) is 0 Å². The lowest BCUT2D eigenvalue weighted by Gasteiger charge is -2.26. The molecule has 8 nitrogen and oxygen atoms in total. The Kier molecular flexibility index (Phi) is 7.30. The Hall–Kier alpha value is -4.24. The molecule has 0 radical (unpaired) electrons. The molecule has 0 aliphatic carbocycles. The predicted molar refractivity (Wildman–Crippen MR) is 140 cm³/mol. The molecule has 1 fully saturated rings. The number of rotatable bonds is 6. The fourth-order valence-corrected chi connectivity index (χ4v) is 3.92. The lowest BCUT2D eigenvalue weighted by atomic mass is 10.1. The Morgan fingerprint density at radius 1 is 1.00 bits per heavy atom. The Bertz CT molecular complexity index is 1420. The summed E-state index contributed by atoms with van der Waals surface area (Å²) in [4.78, 5) is 51.1. The van der Waals surface area contributed by atoms with Gasteiger partial charge in [-0.15, -0.1) is 0 Å². The molecule has 0 spiro atoms. The molecular formula is C27H22BrN3O5. The third-order valence-corrected chi connectivity index (χ3v) is 5.99. The number of imide groups is 2. The van der Waals surface area contributed by atoms with Gasteiger partial charge in [-0.25, -0.2) is 9.69 Å². The van der Waals surface area contributed by atoms with Crippen molar-refractivity contribution in [3.63, 3.8) is 0 Å². The van der Waals surface area contributed by atoms with Crippen LogP contribution in [0.1, 0.15) is 16.7 Å². The minimum Gasteiger partial charge on any atom is -0.484 e. The maximum atomic E-state index is 13.1. The highest BCUT2D eigenvalue weighted by Gasteiger charge is 2.36. The van der Waals surface area contributed by atoms with Crippen LogP contribution in [0.2, 0.25) is 0 Å². The second kappa shape index (κ2) is 10.6. The van der Waals surface area contributed by atoms with Crippen LogP contribution < -0.4 is 20.3 Å². The van der Waals surface area contributed by atoms with Crippen LogP contribution in [0.3, 0.4) is 0 Å². The first kappa shape index (κ1) is 24.9. The van der Waals surface area contributed by atoms with E-state index in [-0.39, 0.29) is 18.1 Å². The number of nitrogens with zero attached hydrogens (tertiary/aromatic N) is 1. The third-order valence-electron chi connectivity index (χ3n) is 5.50. The summed E-state index contributed by atoms with van der Waals surface area (Å²) in [5.74, 6) is -1.49. The van der Waals surface area contributed by atoms with Crippen molar-refractivity contribution in [2.24, 2.45) is 0 Å². The first-order chi connectivity index (χ1) is 17.2. The number of halogens is 1. The van der Waals surface area contributed by atoms with E-state index in [0.29, 0.717) is 27.2 Å². The van der Waals surface area contributed by atoms with E-state index in [0.717, 1.165) is 16.0 Å². The predicted octanol–water partition coefficient (Wildman–Crippen LogP) is 4.75. The van der Waals surface area contributed by atoms with Gasteiger partial charge in [0, 0.05) is 10.2 Å². The summed E-state index contributed by atoms with van der Waals surface area (Å²) in [5, 5.41) is 4.98. The smallest absolute Gasteiger partial charge is 0.335 e. The highest BCUT2D eigenvalue weighted by Crippen LogP contribution is 2.25. The molecule has 5 amide bonds. The molecule has 0 bridgehead atoms. The summed E-state index contributed by atoms with van der Waals surface area (Å²) in [6.45, 7) is 3.73. The van der Waals surface area contributed by atoms with Crippen molar-refractivity contribution in [3.8, 4) is 5.75 Å². The molecule has 3 aromatic rings. The van der Waals surface area contributed by atoms with Crippen LogP contribution in [0.4, 0.5) is 16.2 Å². The average Bonchev–Trinajstić information content (AvgIpc) is 2.83. The van der Waals surface area contributed by atoms with Crippen molar-refractivity contribution in [2.75, 3.05) is 16.8 Å². The average molecular weight is 548 g/mol. The molecule has 1 heterocycles. The van der Waals surface area contributed by atoms with Gasteiger partial charge in [0.15, 0.2) is 6.61 Å². The normalized spacial score (nSPS) is 14.6. The highest BCUT2D eigenvalue weighted by atomic mass is 79.9. The first-order valence-corrected chi connectivity index (χ1v) is 11.8. The number of amides is 5. The number of carbonyl (C=O) groups excluding carboxylic acids is 4. The monoisotopic (exact) mass is 547 g/mol. The minimum atomic E-state index is -0.827. The Morgan fingerprint density at radius 3 is 2.53 bits per heavy atom. The molecule has 0 aromatic heterocycles.